The SMILES string of the molecule is COc1ccc2c3c1O[C@H]1[C@@]4(OC)CC[C@@]5(C[C@@H]4COC(=O)C(N)Cc4ccccc4)[C@@H](C2)N(CC2CC2)CC[C@]315. The summed E-state index contributed by atoms with van der Waals surface area (Å²) < 4.78 is 25.6. The Labute approximate surface area is 242 Å². The average Bonchev–Trinajstić information content (AvgIpc) is 3.74. The number of rotatable bonds is 9. The second-order valence-electron chi connectivity index (χ2n) is 13.7. The van der Waals surface area contributed by atoms with Crippen LogP contribution in [-0.4, -0.2) is 68.6 Å². The maximum atomic E-state index is 13.2. The zero-order valence-electron chi connectivity index (χ0n) is 24.3. The molecule has 2 aromatic rings. The number of fused-ring (bicyclic) bond motifs is 2. The lowest BCUT2D eigenvalue weighted by Gasteiger charge is -2.73. The third-order valence-electron chi connectivity index (χ3n) is 12.0. The molecule has 41 heavy (non-hydrogen) atoms. The first-order chi connectivity index (χ1) is 20.0. The first kappa shape index (κ1) is 26.1. The van der Waals surface area contributed by atoms with E-state index in [1.54, 1.807) is 7.11 Å². The molecule has 2 N–H and O–H groups in total. The molecule has 9 rings (SSSR count). The standard InChI is InChI=1S/C34H42N2O5/c1-38-26-11-10-23-17-27-32-12-13-34(39-2,24(18-32)20-40-30(37)25(35)16-21-6-4-3-5-7-21)31-33(32,28(23)29(26)41-31)14-15-36(27)19-22-8-9-22/h3-7,10-11,22,24-25,27,31H,8-9,12-20,35H2,1-2H3/t24-,25?,27-,31-,32-,33+,34-/m1/s1. The van der Waals surface area contributed by atoms with Gasteiger partial charge in [-0.2, -0.15) is 0 Å². The van der Waals surface area contributed by atoms with Crippen LogP contribution >= 0.6 is 0 Å². The van der Waals surface area contributed by atoms with E-state index in [4.69, 9.17) is 24.7 Å². The van der Waals surface area contributed by atoms with Gasteiger partial charge in [0.15, 0.2) is 11.5 Å². The topological polar surface area (TPSA) is 83.2 Å². The molecule has 5 aliphatic carbocycles. The largest absolute Gasteiger partial charge is 0.493 e. The zero-order chi connectivity index (χ0) is 28.0. The minimum atomic E-state index is -0.692. The van der Waals surface area contributed by atoms with Crippen LogP contribution in [0.3, 0.4) is 0 Å². The fourth-order valence-corrected chi connectivity index (χ4v) is 10.1. The molecule has 2 aliphatic heterocycles. The lowest BCUT2D eigenvalue weighted by Crippen LogP contribution is -2.81. The van der Waals surface area contributed by atoms with Crippen LogP contribution in [0.5, 0.6) is 11.5 Å². The Morgan fingerprint density at radius 2 is 1.95 bits per heavy atom. The number of carbonyl (C=O) groups excluding carboxylic acids is 1. The summed E-state index contributed by atoms with van der Waals surface area (Å²) in [6.07, 6.45) is 8.19. The quantitative estimate of drug-likeness (QED) is 0.466. The first-order valence-corrected chi connectivity index (χ1v) is 15.6. The van der Waals surface area contributed by atoms with Gasteiger partial charge in [0.2, 0.25) is 0 Å². The van der Waals surface area contributed by atoms with Crippen LogP contribution in [-0.2, 0) is 32.5 Å². The van der Waals surface area contributed by atoms with Crippen molar-refractivity contribution in [3.63, 3.8) is 0 Å². The van der Waals surface area contributed by atoms with Gasteiger partial charge in [0, 0.05) is 42.0 Å². The van der Waals surface area contributed by atoms with Gasteiger partial charge < -0.3 is 24.7 Å². The van der Waals surface area contributed by atoms with Crippen molar-refractivity contribution in [2.75, 3.05) is 33.9 Å². The summed E-state index contributed by atoms with van der Waals surface area (Å²) in [4.78, 5) is 16.0. The number of ether oxygens (including phenoxy) is 4. The van der Waals surface area contributed by atoms with Crippen LogP contribution in [0.25, 0.3) is 0 Å². The van der Waals surface area contributed by atoms with Gasteiger partial charge in [-0.15, -0.1) is 0 Å². The number of hydrogen-bond donors (Lipinski definition) is 1. The summed E-state index contributed by atoms with van der Waals surface area (Å²) in [5.74, 6) is 2.29. The van der Waals surface area contributed by atoms with E-state index in [9.17, 15) is 4.79 Å². The molecular weight excluding hydrogens is 516 g/mol. The van der Waals surface area contributed by atoms with Gasteiger partial charge in [0.1, 0.15) is 17.7 Å². The van der Waals surface area contributed by atoms with Gasteiger partial charge in [-0.05, 0) is 81.0 Å². The Kier molecular flexibility index (Phi) is 5.84. The number of nitrogens with two attached hydrogens (primary N) is 1. The van der Waals surface area contributed by atoms with Crippen molar-refractivity contribution in [1.29, 1.82) is 0 Å². The van der Waals surface area contributed by atoms with E-state index in [0.717, 1.165) is 61.6 Å². The van der Waals surface area contributed by atoms with Gasteiger partial charge in [-0.25, -0.2) is 0 Å². The molecule has 2 heterocycles. The summed E-state index contributed by atoms with van der Waals surface area (Å²) in [7, 11) is 3.57. The molecule has 4 bridgehead atoms. The second-order valence-corrected chi connectivity index (χ2v) is 13.7. The molecule has 0 amide bonds. The van der Waals surface area contributed by atoms with E-state index in [1.807, 2.05) is 37.4 Å². The number of benzene rings is 2. The molecule has 0 aromatic heterocycles. The maximum Gasteiger partial charge on any atom is 0.323 e. The van der Waals surface area contributed by atoms with E-state index in [-0.39, 0.29) is 28.8 Å². The Hall–Kier alpha value is -2.61. The van der Waals surface area contributed by atoms with E-state index >= 15 is 0 Å². The Morgan fingerprint density at radius 3 is 2.71 bits per heavy atom. The number of hydrogen-bond acceptors (Lipinski definition) is 7. The number of nitrogens with zero attached hydrogens (tertiary/aromatic N) is 1. The predicted molar refractivity (Wildman–Crippen MR) is 154 cm³/mol. The molecule has 5 fully saturated rings. The molecule has 4 saturated carbocycles. The Bertz CT molecular complexity index is 1360. The summed E-state index contributed by atoms with van der Waals surface area (Å²) in [5, 5.41) is 0. The highest BCUT2D eigenvalue weighted by Crippen LogP contribution is 2.76. The third kappa shape index (κ3) is 3.46. The molecular formula is C34H42N2O5. The van der Waals surface area contributed by atoms with Crippen LogP contribution in [0.4, 0.5) is 0 Å². The normalized spacial score (nSPS) is 36.8. The van der Waals surface area contributed by atoms with Crippen LogP contribution in [0.1, 0.15) is 55.2 Å². The van der Waals surface area contributed by atoms with Crippen LogP contribution in [0.15, 0.2) is 42.5 Å². The molecule has 7 aliphatic rings. The van der Waals surface area contributed by atoms with Crippen molar-refractivity contribution in [2.24, 2.45) is 23.0 Å². The monoisotopic (exact) mass is 558 g/mol. The van der Waals surface area contributed by atoms with Crippen LogP contribution < -0.4 is 15.2 Å². The van der Waals surface area contributed by atoms with Gasteiger partial charge in [-0.1, -0.05) is 36.4 Å². The van der Waals surface area contributed by atoms with Crippen molar-refractivity contribution in [2.45, 2.75) is 80.6 Å². The maximum absolute atomic E-state index is 13.2. The summed E-state index contributed by atoms with van der Waals surface area (Å²) in [5.41, 5.74) is 9.61. The highest BCUT2D eigenvalue weighted by Gasteiger charge is 2.80. The lowest BCUT2D eigenvalue weighted by atomic mass is 9.35. The Morgan fingerprint density at radius 1 is 1.12 bits per heavy atom. The summed E-state index contributed by atoms with van der Waals surface area (Å²) in [6, 6.07) is 14.1. The van der Waals surface area contributed by atoms with Gasteiger partial charge in [0.25, 0.3) is 0 Å². The molecule has 7 atom stereocenters. The molecule has 2 spiro atoms. The number of piperidine rings is 1. The van der Waals surface area contributed by atoms with Crippen molar-refractivity contribution in [3.05, 3.63) is 59.2 Å². The molecule has 0 radical (unpaired) electrons. The van der Waals surface area contributed by atoms with E-state index in [0.29, 0.717) is 19.1 Å². The van der Waals surface area contributed by atoms with E-state index in [1.165, 1.54) is 30.5 Å². The fourth-order valence-electron chi connectivity index (χ4n) is 10.1. The van der Waals surface area contributed by atoms with Crippen molar-refractivity contribution < 1.29 is 23.7 Å². The Balaban J connectivity index is 1.15. The summed E-state index contributed by atoms with van der Waals surface area (Å²) >= 11 is 0. The highest BCUT2D eigenvalue weighted by molar-refractivity contribution is 5.76. The van der Waals surface area contributed by atoms with Gasteiger partial charge in [0.05, 0.1) is 13.7 Å². The molecule has 218 valence electrons. The van der Waals surface area contributed by atoms with Crippen molar-refractivity contribution >= 4 is 5.97 Å². The number of likely N-dealkylation sites (tertiary alicyclic amines) is 1. The number of carbonyl (C=O) groups is 1. The van der Waals surface area contributed by atoms with Crippen LogP contribution in [0.2, 0.25) is 0 Å². The van der Waals surface area contributed by atoms with Gasteiger partial charge >= 0.3 is 5.97 Å². The predicted octanol–water partition coefficient (Wildman–Crippen LogP) is 4.03. The number of methoxy groups -OCH3 is 2. The van der Waals surface area contributed by atoms with E-state index in [2.05, 4.69) is 17.0 Å². The zero-order valence-corrected chi connectivity index (χ0v) is 24.3. The lowest BCUT2D eigenvalue weighted by molar-refractivity contribution is -0.282. The van der Waals surface area contributed by atoms with Crippen molar-refractivity contribution in [3.8, 4) is 11.5 Å². The smallest absolute Gasteiger partial charge is 0.323 e. The summed E-state index contributed by atoms with van der Waals surface area (Å²) in [6.45, 7) is 2.62. The van der Waals surface area contributed by atoms with Gasteiger partial charge in [-0.3, -0.25) is 9.69 Å². The molecule has 1 unspecified atom stereocenters. The highest BCUT2D eigenvalue weighted by atomic mass is 16.6. The van der Waals surface area contributed by atoms with Crippen LogP contribution in [0, 0.1) is 17.3 Å². The average molecular weight is 559 g/mol. The first-order valence-electron chi connectivity index (χ1n) is 15.6. The molecule has 2 aromatic carbocycles. The molecule has 7 heteroatoms. The number of esters is 1. The molecule has 7 nitrogen and oxygen atoms in total. The van der Waals surface area contributed by atoms with Crippen molar-refractivity contribution in [1.82, 2.24) is 4.90 Å². The third-order valence-corrected chi connectivity index (χ3v) is 12.0. The molecule has 1 saturated heterocycles. The van der Waals surface area contributed by atoms with E-state index < -0.39 is 11.6 Å². The second kappa shape index (κ2) is 9.19. The minimum Gasteiger partial charge on any atom is -0.493 e. The minimum absolute atomic E-state index is 0.0393. The fraction of sp³-hybridized carbons (Fsp3) is 0.618.